The van der Waals surface area contributed by atoms with Gasteiger partial charge in [-0.3, -0.25) is 19.4 Å². The third kappa shape index (κ3) is 13.9. The summed E-state index contributed by atoms with van der Waals surface area (Å²) in [4.78, 5) is 61.6. The second kappa shape index (κ2) is 20.4. The molecule has 292 valence electrons. The first-order valence-electron chi connectivity index (χ1n) is 18.1. The third-order valence-electron chi connectivity index (χ3n) is 8.77. The molecule has 0 bridgehead atoms. The number of aryl methyl sites for hydroxylation is 1. The van der Waals surface area contributed by atoms with Gasteiger partial charge in [0.05, 0.1) is 8.95 Å². The van der Waals surface area contributed by atoms with Crippen LogP contribution in [0, 0.1) is 5.82 Å². The molecule has 4 rings (SSSR count). The van der Waals surface area contributed by atoms with Crippen LogP contribution in [0.3, 0.4) is 0 Å². The average molecular weight is 877 g/mol. The van der Waals surface area contributed by atoms with E-state index in [1.807, 2.05) is 12.1 Å². The number of nitrogens with zero attached hydrogens (tertiary/aromatic N) is 3. The maximum Gasteiger partial charge on any atom is 0.407 e. The topological polar surface area (TPSA) is 153 Å². The first-order valence-corrected chi connectivity index (χ1v) is 19.7. The van der Waals surface area contributed by atoms with Crippen LogP contribution in [0.25, 0.3) is 0 Å². The van der Waals surface area contributed by atoms with Crippen molar-refractivity contribution in [1.82, 2.24) is 25.8 Å². The Morgan fingerprint density at radius 3 is 2.17 bits per heavy atom. The molecule has 4 amide bonds. The molecule has 1 fully saturated rings. The van der Waals surface area contributed by atoms with Gasteiger partial charge in [-0.1, -0.05) is 12.1 Å². The zero-order chi connectivity index (χ0) is 39.3. The number of amides is 4. The zero-order valence-corrected chi connectivity index (χ0v) is 34.0. The van der Waals surface area contributed by atoms with Crippen molar-refractivity contribution in [3.8, 4) is 5.75 Å². The highest BCUT2D eigenvalue weighted by atomic mass is 79.9. The van der Waals surface area contributed by atoms with Crippen molar-refractivity contribution in [2.24, 2.45) is 0 Å². The number of hydrogen-bond donors (Lipinski definition) is 4. The number of carbonyl (C=O) groups is 4. The molecule has 0 aliphatic carbocycles. The SMILES string of the molecule is CC(C)(C)OC(=O)NCCCC[C@H](NC(=O)[C@H](Cc1cc(Br)c(O)c(Br)c1)NC(=O)CCCc1ccc(F)cc1)C(=O)N1CCN(c2ccncc2)CC1. The lowest BCUT2D eigenvalue weighted by Gasteiger charge is -2.38. The molecule has 0 saturated carbocycles. The number of phenolic OH excluding ortho intramolecular Hbond substituents is 1. The van der Waals surface area contributed by atoms with Crippen molar-refractivity contribution in [2.75, 3.05) is 37.6 Å². The standard InChI is InChI=1S/C39H49Br2FN6O6/c1-39(2,3)54-38(53)44-16-5-4-8-32(37(52)48-21-19-47(20-22-48)29-14-17-43-18-15-29)46-36(51)33(25-27-23-30(40)35(50)31(41)24-27)45-34(49)9-6-7-26-10-12-28(42)13-11-26/h10-15,17-18,23-24,32-33,50H,4-9,16,19-22,25H2,1-3H3,(H,44,53)(H,45,49)(H,46,51)/t32-,33-/m0/s1. The van der Waals surface area contributed by atoms with E-state index in [0.717, 1.165) is 11.3 Å². The number of phenols is 1. The van der Waals surface area contributed by atoms with Crippen LogP contribution in [0.1, 0.15) is 64.0 Å². The van der Waals surface area contributed by atoms with Crippen LogP contribution in [0.2, 0.25) is 0 Å². The van der Waals surface area contributed by atoms with E-state index in [4.69, 9.17) is 4.74 Å². The Morgan fingerprint density at radius 1 is 0.889 bits per heavy atom. The van der Waals surface area contributed by atoms with Crippen LogP contribution in [0.5, 0.6) is 5.75 Å². The van der Waals surface area contributed by atoms with Crippen LogP contribution >= 0.6 is 31.9 Å². The van der Waals surface area contributed by atoms with Gasteiger partial charge >= 0.3 is 6.09 Å². The van der Waals surface area contributed by atoms with Gasteiger partial charge in [0, 0.05) is 63.6 Å². The molecule has 3 aromatic rings. The summed E-state index contributed by atoms with van der Waals surface area (Å²) in [6, 6.07) is 11.4. The van der Waals surface area contributed by atoms with Crippen LogP contribution in [0.4, 0.5) is 14.9 Å². The van der Waals surface area contributed by atoms with Gasteiger partial charge in [0.15, 0.2) is 0 Å². The van der Waals surface area contributed by atoms with E-state index in [0.29, 0.717) is 79.3 Å². The number of unbranched alkanes of at least 4 members (excludes halogenated alkanes) is 1. The summed E-state index contributed by atoms with van der Waals surface area (Å²) in [5, 5.41) is 18.8. The van der Waals surface area contributed by atoms with E-state index < -0.39 is 29.7 Å². The molecule has 4 N–H and O–H groups in total. The molecule has 12 nitrogen and oxygen atoms in total. The zero-order valence-electron chi connectivity index (χ0n) is 30.9. The molecule has 1 aliphatic heterocycles. The summed E-state index contributed by atoms with van der Waals surface area (Å²) in [6.07, 6.45) is 5.53. The number of hydrogen-bond acceptors (Lipinski definition) is 8. The lowest BCUT2D eigenvalue weighted by Crippen LogP contribution is -2.57. The van der Waals surface area contributed by atoms with E-state index in [2.05, 4.69) is 57.7 Å². The number of carbonyl (C=O) groups excluding carboxylic acids is 4. The Labute approximate surface area is 332 Å². The molecular formula is C39H49Br2FN6O6. The summed E-state index contributed by atoms with van der Waals surface area (Å²) in [5.74, 6) is -1.43. The number of aromatic nitrogens is 1. The molecule has 2 heterocycles. The fourth-order valence-electron chi connectivity index (χ4n) is 6.02. The summed E-state index contributed by atoms with van der Waals surface area (Å²) in [7, 11) is 0. The van der Waals surface area contributed by atoms with Crippen LogP contribution < -0.4 is 20.9 Å². The molecule has 15 heteroatoms. The van der Waals surface area contributed by atoms with Crippen molar-refractivity contribution >= 4 is 61.4 Å². The van der Waals surface area contributed by atoms with E-state index >= 15 is 0 Å². The van der Waals surface area contributed by atoms with E-state index in [1.165, 1.54) is 12.1 Å². The Morgan fingerprint density at radius 2 is 1.54 bits per heavy atom. The second-order valence-corrected chi connectivity index (χ2v) is 15.9. The van der Waals surface area contributed by atoms with Crippen LogP contribution in [-0.2, 0) is 32.0 Å². The van der Waals surface area contributed by atoms with Crippen molar-refractivity contribution in [2.45, 2.75) is 83.4 Å². The Balaban J connectivity index is 1.46. The quantitative estimate of drug-likeness (QED) is 0.127. The Kier molecular flexibility index (Phi) is 16.1. The number of aromatic hydroxyl groups is 1. The average Bonchev–Trinajstić information content (AvgIpc) is 3.13. The molecule has 54 heavy (non-hydrogen) atoms. The smallest absolute Gasteiger partial charge is 0.407 e. The number of anilines is 1. The fourth-order valence-corrected chi connectivity index (χ4v) is 7.30. The first-order chi connectivity index (χ1) is 25.7. The molecule has 1 saturated heterocycles. The van der Waals surface area contributed by atoms with E-state index in [9.17, 15) is 28.7 Å². The highest BCUT2D eigenvalue weighted by Crippen LogP contribution is 2.33. The number of rotatable bonds is 16. The van der Waals surface area contributed by atoms with Crippen LogP contribution in [0.15, 0.2) is 69.9 Å². The first kappa shape index (κ1) is 42.5. The molecule has 1 aliphatic rings. The summed E-state index contributed by atoms with van der Waals surface area (Å²) in [5.41, 5.74) is 1.93. The van der Waals surface area contributed by atoms with E-state index in [1.54, 1.807) is 62.3 Å². The number of halogens is 3. The number of piperazine rings is 1. The maximum atomic E-state index is 14.1. The number of pyridine rings is 1. The van der Waals surface area contributed by atoms with Crippen molar-refractivity contribution in [1.29, 1.82) is 0 Å². The highest BCUT2D eigenvalue weighted by molar-refractivity contribution is 9.11. The minimum atomic E-state index is -1.04. The molecule has 2 aromatic carbocycles. The van der Waals surface area contributed by atoms with Gasteiger partial charge in [0.2, 0.25) is 17.7 Å². The molecule has 0 radical (unpaired) electrons. The molecule has 1 aromatic heterocycles. The third-order valence-corrected chi connectivity index (χ3v) is 9.98. The normalized spacial score (nSPS) is 14.2. The van der Waals surface area contributed by atoms with Gasteiger partial charge in [-0.25, -0.2) is 9.18 Å². The number of ether oxygens (including phenoxy) is 1. The number of alkyl carbamates (subject to hydrolysis) is 1. The maximum absolute atomic E-state index is 14.1. The molecular weight excluding hydrogens is 827 g/mol. The van der Waals surface area contributed by atoms with Gasteiger partial charge in [-0.05, 0) is 132 Å². The predicted molar refractivity (Wildman–Crippen MR) is 212 cm³/mol. The Hall–Kier alpha value is -4.24. The number of benzene rings is 2. The predicted octanol–water partition coefficient (Wildman–Crippen LogP) is 6.03. The minimum absolute atomic E-state index is 0.000396. The minimum Gasteiger partial charge on any atom is -0.506 e. The lowest BCUT2D eigenvalue weighted by molar-refractivity contribution is -0.137. The molecule has 0 spiro atoms. The van der Waals surface area contributed by atoms with Crippen molar-refractivity contribution in [3.05, 3.63) is 86.8 Å². The number of nitrogens with one attached hydrogen (secondary N) is 3. The van der Waals surface area contributed by atoms with Crippen LogP contribution in [-0.4, -0.2) is 89.2 Å². The van der Waals surface area contributed by atoms with E-state index in [-0.39, 0.29) is 36.2 Å². The van der Waals surface area contributed by atoms with Gasteiger partial charge in [0.25, 0.3) is 0 Å². The summed E-state index contributed by atoms with van der Waals surface area (Å²) >= 11 is 6.68. The molecule has 0 unspecified atom stereocenters. The summed E-state index contributed by atoms with van der Waals surface area (Å²) < 4.78 is 19.5. The van der Waals surface area contributed by atoms with Crippen molar-refractivity contribution < 1.29 is 33.4 Å². The van der Waals surface area contributed by atoms with Gasteiger partial charge in [0.1, 0.15) is 29.3 Å². The Bertz CT molecular complexity index is 1700. The van der Waals surface area contributed by atoms with Gasteiger partial charge in [-0.15, -0.1) is 0 Å². The van der Waals surface area contributed by atoms with Crippen molar-refractivity contribution in [3.63, 3.8) is 0 Å². The highest BCUT2D eigenvalue weighted by Gasteiger charge is 2.31. The molecule has 2 atom stereocenters. The fraction of sp³-hybridized carbons (Fsp3) is 0.462. The monoisotopic (exact) mass is 874 g/mol. The van der Waals surface area contributed by atoms with Gasteiger partial charge in [-0.2, -0.15) is 0 Å². The summed E-state index contributed by atoms with van der Waals surface area (Å²) in [6.45, 7) is 7.81. The largest absolute Gasteiger partial charge is 0.506 e. The second-order valence-electron chi connectivity index (χ2n) is 14.2. The lowest BCUT2D eigenvalue weighted by atomic mass is 10.0. The van der Waals surface area contributed by atoms with Gasteiger partial charge < -0.3 is 35.6 Å².